The van der Waals surface area contributed by atoms with Gasteiger partial charge >= 0.3 is 0 Å². The van der Waals surface area contributed by atoms with Gasteiger partial charge in [0.1, 0.15) is 5.25 Å². The van der Waals surface area contributed by atoms with E-state index >= 15 is 0 Å². The van der Waals surface area contributed by atoms with Crippen LogP contribution >= 0.6 is 12.2 Å². The fourth-order valence-electron chi connectivity index (χ4n) is 1.32. The lowest BCUT2D eigenvalue weighted by Crippen LogP contribution is -2.44. The van der Waals surface area contributed by atoms with Crippen LogP contribution in [0.15, 0.2) is 0 Å². The van der Waals surface area contributed by atoms with Crippen LogP contribution in [0.4, 0.5) is 0 Å². The lowest BCUT2D eigenvalue weighted by atomic mass is 10.3. The fourth-order valence-corrected chi connectivity index (χ4v) is 3.65. The molecule has 0 rings (SSSR count). The zero-order valence-corrected chi connectivity index (χ0v) is 10.5. The van der Waals surface area contributed by atoms with E-state index in [2.05, 4.69) is 0 Å². The first kappa shape index (κ1) is 13.8. The van der Waals surface area contributed by atoms with E-state index in [-0.39, 0.29) is 4.99 Å². The van der Waals surface area contributed by atoms with Crippen LogP contribution in [0.5, 0.6) is 0 Å². The molecule has 0 radical (unpaired) electrons. The maximum absolute atomic E-state index is 11.9. The molecule has 84 valence electrons. The smallest absolute Gasteiger partial charge is 0.223 e. The quantitative estimate of drug-likeness (QED) is 0.693. The Labute approximate surface area is 91.5 Å². The van der Waals surface area contributed by atoms with Gasteiger partial charge in [0.15, 0.2) is 0 Å². The standard InChI is InChI=1S/C8H18N2O2S2/c1-4-7(8(9)13)14(11,12)10(5-2)6-3/h7H,4-6H2,1-3H3,(H2,9,13). The van der Waals surface area contributed by atoms with E-state index < -0.39 is 15.3 Å². The molecule has 2 N–H and O–H groups in total. The van der Waals surface area contributed by atoms with Crippen LogP contribution in [0.1, 0.15) is 27.2 Å². The molecule has 6 heteroatoms. The van der Waals surface area contributed by atoms with Gasteiger partial charge in [-0.1, -0.05) is 33.0 Å². The highest BCUT2D eigenvalue weighted by Crippen LogP contribution is 2.12. The van der Waals surface area contributed by atoms with Crippen molar-refractivity contribution in [3.63, 3.8) is 0 Å². The molecule has 0 saturated heterocycles. The van der Waals surface area contributed by atoms with Crippen molar-refractivity contribution >= 4 is 27.2 Å². The number of sulfonamides is 1. The molecule has 0 amide bonds. The predicted octanol–water partition coefficient (Wildman–Crippen LogP) is 0.723. The number of hydrogen-bond donors (Lipinski definition) is 1. The maximum atomic E-state index is 11.9. The number of nitrogens with zero attached hydrogens (tertiary/aromatic N) is 1. The molecule has 0 aromatic rings. The Balaban J connectivity index is 5.00. The molecule has 0 aliphatic heterocycles. The monoisotopic (exact) mass is 238 g/mol. The van der Waals surface area contributed by atoms with E-state index in [1.165, 1.54) is 4.31 Å². The summed E-state index contributed by atoms with van der Waals surface area (Å²) >= 11 is 4.75. The van der Waals surface area contributed by atoms with Crippen molar-refractivity contribution in [3.8, 4) is 0 Å². The van der Waals surface area contributed by atoms with Crippen molar-refractivity contribution in [1.29, 1.82) is 0 Å². The molecule has 0 aliphatic rings. The van der Waals surface area contributed by atoms with Crippen LogP contribution in [0.25, 0.3) is 0 Å². The Morgan fingerprint density at radius 1 is 1.36 bits per heavy atom. The molecule has 1 unspecified atom stereocenters. The molecule has 0 bridgehead atoms. The molecule has 0 heterocycles. The number of rotatable bonds is 6. The fraction of sp³-hybridized carbons (Fsp3) is 0.875. The Hall–Kier alpha value is -0.200. The van der Waals surface area contributed by atoms with Crippen LogP contribution < -0.4 is 5.73 Å². The van der Waals surface area contributed by atoms with Crippen molar-refractivity contribution < 1.29 is 8.42 Å². The van der Waals surface area contributed by atoms with Gasteiger partial charge in [-0.3, -0.25) is 0 Å². The zero-order valence-electron chi connectivity index (χ0n) is 8.86. The van der Waals surface area contributed by atoms with Gasteiger partial charge in [-0.25, -0.2) is 12.7 Å². The van der Waals surface area contributed by atoms with Crippen molar-refractivity contribution in [3.05, 3.63) is 0 Å². The van der Waals surface area contributed by atoms with Gasteiger partial charge in [-0.2, -0.15) is 0 Å². The molecule has 0 aliphatic carbocycles. The summed E-state index contributed by atoms with van der Waals surface area (Å²) < 4.78 is 25.2. The van der Waals surface area contributed by atoms with E-state index in [9.17, 15) is 8.42 Å². The minimum absolute atomic E-state index is 0.0550. The van der Waals surface area contributed by atoms with Gasteiger partial charge in [0.05, 0.1) is 4.99 Å². The van der Waals surface area contributed by atoms with Gasteiger partial charge < -0.3 is 5.73 Å². The number of thiocarbonyl (C=S) groups is 1. The Bertz CT molecular complexity index is 284. The van der Waals surface area contributed by atoms with Crippen LogP contribution in [0.3, 0.4) is 0 Å². The first-order valence-electron chi connectivity index (χ1n) is 4.70. The first-order valence-corrected chi connectivity index (χ1v) is 6.61. The van der Waals surface area contributed by atoms with E-state index in [1.807, 2.05) is 0 Å². The molecule has 0 aromatic carbocycles. The summed E-state index contributed by atoms with van der Waals surface area (Å²) in [6.45, 7) is 6.28. The summed E-state index contributed by atoms with van der Waals surface area (Å²) in [6, 6.07) is 0. The molecule has 0 aromatic heterocycles. The lowest BCUT2D eigenvalue weighted by molar-refractivity contribution is 0.440. The molecule has 4 nitrogen and oxygen atoms in total. The van der Waals surface area contributed by atoms with E-state index in [0.29, 0.717) is 19.5 Å². The van der Waals surface area contributed by atoms with Crippen LogP contribution in [0.2, 0.25) is 0 Å². The van der Waals surface area contributed by atoms with Crippen LogP contribution in [-0.2, 0) is 10.0 Å². The summed E-state index contributed by atoms with van der Waals surface area (Å²) in [4.78, 5) is 0.0550. The van der Waals surface area contributed by atoms with Crippen LogP contribution in [-0.4, -0.2) is 36.1 Å². The Morgan fingerprint density at radius 3 is 2.00 bits per heavy atom. The highest BCUT2D eigenvalue weighted by atomic mass is 32.2. The second-order valence-electron chi connectivity index (χ2n) is 2.93. The highest BCUT2D eigenvalue weighted by molar-refractivity contribution is 7.92. The minimum Gasteiger partial charge on any atom is -0.392 e. The topological polar surface area (TPSA) is 63.4 Å². The van der Waals surface area contributed by atoms with E-state index in [1.54, 1.807) is 20.8 Å². The van der Waals surface area contributed by atoms with Gasteiger partial charge in [0, 0.05) is 13.1 Å². The first-order chi connectivity index (χ1) is 6.41. The highest BCUT2D eigenvalue weighted by Gasteiger charge is 2.30. The minimum atomic E-state index is -3.35. The van der Waals surface area contributed by atoms with Crippen molar-refractivity contribution in [2.45, 2.75) is 32.4 Å². The van der Waals surface area contributed by atoms with Gasteiger partial charge in [-0.05, 0) is 6.42 Å². The lowest BCUT2D eigenvalue weighted by Gasteiger charge is -2.23. The molecular formula is C8H18N2O2S2. The second kappa shape index (κ2) is 5.63. The largest absolute Gasteiger partial charge is 0.392 e. The maximum Gasteiger partial charge on any atom is 0.223 e. The number of nitrogens with two attached hydrogens (primary N) is 1. The summed E-state index contributed by atoms with van der Waals surface area (Å²) in [5.74, 6) is 0. The summed E-state index contributed by atoms with van der Waals surface area (Å²) in [5, 5.41) is -0.725. The van der Waals surface area contributed by atoms with Crippen molar-refractivity contribution in [1.82, 2.24) is 4.31 Å². The zero-order chi connectivity index (χ0) is 11.4. The third kappa shape index (κ3) is 2.90. The SMILES string of the molecule is CCC(C(N)=S)S(=O)(=O)N(CC)CC. The summed E-state index contributed by atoms with van der Waals surface area (Å²) in [6.07, 6.45) is 0.425. The van der Waals surface area contributed by atoms with Crippen LogP contribution in [0, 0.1) is 0 Å². The van der Waals surface area contributed by atoms with E-state index in [0.717, 1.165) is 0 Å². The molecule has 0 saturated carbocycles. The van der Waals surface area contributed by atoms with Crippen molar-refractivity contribution in [2.24, 2.45) is 5.73 Å². The number of hydrogen-bond acceptors (Lipinski definition) is 3. The van der Waals surface area contributed by atoms with Crippen molar-refractivity contribution in [2.75, 3.05) is 13.1 Å². The third-order valence-electron chi connectivity index (χ3n) is 2.11. The molecule has 1 atom stereocenters. The summed E-state index contributed by atoms with van der Waals surface area (Å²) in [7, 11) is -3.35. The Kier molecular flexibility index (Phi) is 5.54. The molecule has 14 heavy (non-hydrogen) atoms. The average Bonchev–Trinajstić information content (AvgIpc) is 2.05. The van der Waals surface area contributed by atoms with Gasteiger partial charge in [0.25, 0.3) is 0 Å². The molecule has 0 fully saturated rings. The van der Waals surface area contributed by atoms with Gasteiger partial charge in [0.2, 0.25) is 10.0 Å². The third-order valence-corrected chi connectivity index (χ3v) is 5.09. The van der Waals surface area contributed by atoms with Gasteiger partial charge in [-0.15, -0.1) is 0 Å². The Morgan fingerprint density at radius 2 is 1.79 bits per heavy atom. The molecule has 0 spiro atoms. The molecular weight excluding hydrogens is 220 g/mol. The second-order valence-corrected chi connectivity index (χ2v) is 5.52. The average molecular weight is 238 g/mol. The normalized spacial score (nSPS) is 14.3. The summed E-state index contributed by atoms with van der Waals surface area (Å²) in [5.41, 5.74) is 5.41. The predicted molar refractivity (Wildman–Crippen MR) is 62.7 cm³/mol. The van der Waals surface area contributed by atoms with E-state index in [4.69, 9.17) is 18.0 Å².